The first-order valence-corrected chi connectivity index (χ1v) is 6.47. The molecule has 4 heteroatoms. The second kappa shape index (κ2) is 5.45. The van der Waals surface area contributed by atoms with E-state index < -0.39 is 0 Å². The van der Waals surface area contributed by atoms with Crippen LogP contribution in [0.25, 0.3) is 0 Å². The summed E-state index contributed by atoms with van der Waals surface area (Å²) in [7, 11) is 2.18. The standard InChI is InChI=1S/C13H22N4/c1-4-11-9-13(15-10(2)14-11)16-12-5-7-17(3)8-6-12/h9,12H,4-8H2,1-3H3,(H,14,15,16). The van der Waals surface area contributed by atoms with Gasteiger partial charge in [-0.2, -0.15) is 0 Å². The summed E-state index contributed by atoms with van der Waals surface area (Å²) < 4.78 is 0. The molecule has 0 spiro atoms. The Bertz CT molecular complexity index is 370. The van der Waals surface area contributed by atoms with Crippen LogP contribution in [0.1, 0.15) is 31.3 Å². The van der Waals surface area contributed by atoms with Gasteiger partial charge in [0.25, 0.3) is 0 Å². The molecule has 17 heavy (non-hydrogen) atoms. The van der Waals surface area contributed by atoms with Gasteiger partial charge in [-0.1, -0.05) is 6.92 Å². The van der Waals surface area contributed by atoms with Crippen molar-refractivity contribution < 1.29 is 0 Å². The van der Waals surface area contributed by atoms with Crippen LogP contribution >= 0.6 is 0 Å². The van der Waals surface area contributed by atoms with E-state index in [9.17, 15) is 0 Å². The van der Waals surface area contributed by atoms with E-state index >= 15 is 0 Å². The number of rotatable bonds is 3. The summed E-state index contributed by atoms with van der Waals surface area (Å²) in [5, 5.41) is 3.54. The monoisotopic (exact) mass is 234 g/mol. The predicted molar refractivity (Wildman–Crippen MR) is 70.3 cm³/mol. The molecule has 0 radical (unpaired) electrons. The molecule has 0 saturated carbocycles. The van der Waals surface area contributed by atoms with Crippen molar-refractivity contribution in [2.75, 3.05) is 25.5 Å². The van der Waals surface area contributed by atoms with Gasteiger partial charge in [0.05, 0.1) is 0 Å². The van der Waals surface area contributed by atoms with Crippen LogP contribution in [0.3, 0.4) is 0 Å². The van der Waals surface area contributed by atoms with Crippen molar-refractivity contribution in [1.82, 2.24) is 14.9 Å². The van der Waals surface area contributed by atoms with Crippen molar-refractivity contribution >= 4 is 5.82 Å². The molecule has 1 aromatic heterocycles. The van der Waals surface area contributed by atoms with Gasteiger partial charge in [-0.15, -0.1) is 0 Å². The molecule has 0 aromatic carbocycles. The second-order valence-electron chi connectivity index (χ2n) is 4.87. The first-order valence-electron chi connectivity index (χ1n) is 6.47. The molecule has 1 aliphatic heterocycles. The number of likely N-dealkylation sites (tertiary alicyclic amines) is 1. The average molecular weight is 234 g/mol. The number of aromatic nitrogens is 2. The zero-order valence-electron chi connectivity index (χ0n) is 11.0. The molecule has 0 amide bonds. The van der Waals surface area contributed by atoms with Crippen molar-refractivity contribution in [1.29, 1.82) is 0 Å². The van der Waals surface area contributed by atoms with Crippen LogP contribution in [0.2, 0.25) is 0 Å². The third kappa shape index (κ3) is 3.40. The Kier molecular flexibility index (Phi) is 3.94. The maximum absolute atomic E-state index is 4.46. The van der Waals surface area contributed by atoms with E-state index in [4.69, 9.17) is 0 Å². The van der Waals surface area contributed by atoms with Gasteiger partial charge in [0.2, 0.25) is 0 Å². The molecule has 2 heterocycles. The molecule has 1 aromatic rings. The van der Waals surface area contributed by atoms with E-state index in [0.717, 1.165) is 23.8 Å². The minimum Gasteiger partial charge on any atom is -0.367 e. The molecular weight excluding hydrogens is 212 g/mol. The van der Waals surface area contributed by atoms with E-state index in [1.807, 2.05) is 6.92 Å². The van der Waals surface area contributed by atoms with Gasteiger partial charge in [-0.3, -0.25) is 0 Å². The zero-order chi connectivity index (χ0) is 12.3. The van der Waals surface area contributed by atoms with Crippen molar-refractivity contribution in [3.05, 3.63) is 17.6 Å². The lowest BCUT2D eigenvalue weighted by Crippen LogP contribution is -2.36. The number of nitrogens with one attached hydrogen (secondary N) is 1. The Labute approximate surface area is 103 Å². The molecule has 94 valence electrons. The first-order chi connectivity index (χ1) is 8.17. The molecule has 1 N–H and O–H groups in total. The van der Waals surface area contributed by atoms with Gasteiger partial charge in [0, 0.05) is 17.8 Å². The second-order valence-corrected chi connectivity index (χ2v) is 4.87. The van der Waals surface area contributed by atoms with Gasteiger partial charge in [-0.25, -0.2) is 9.97 Å². The van der Waals surface area contributed by atoms with Gasteiger partial charge in [0.1, 0.15) is 11.6 Å². The van der Waals surface area contributed by atoms with Crippen molar-refractivity contribution in [2.45, 2.75) is 39.2 Å². The number of anilines is 1. The molecule has 0 unspecified atom stereocenters. The van der Waals surface area contributed by atoms with Gasteiger partial charge in [-0.05, 0) is 46.3 Å². The highest BCUT2D eigenvalue weighted by atomic mass is 15.1. The molecule has 1 saturated heterocycles. The maximum Gasteiger partial charge on any atom is 0.130 e. The van der Waals surface area contributed by atoms with Crippen LogP contribution in [0, 0.1) is 6.92 Å². The predicted octanol–water partition coefficient (Wildman–Crippen LogP) is 1.85. The van der Waals surface area contributed by atoms with E-state index in [2.05, 4.69) is 40.2 Å². The highest BCUT2D eigenvalue weighted by molar-refractivity contribution is 5.37. The summed E-state index contributed by atoms with van der Waals surface area (Å²) >= 11 is 0. The molecule has 2 rings (SSSR count). The highest BCUT2D eigenvalue weighted by Gasteiger charge is 2.16. The molecule has 0 aliphatic carbocycles. The number of piperidine rings is 1. The molecular formula is C13H22N4. The lowest BCUT2D eigenvalue weighted by molar-refractivity contribution is 0.263. The fraction of sp³-hybridized carbons (Fsp3) is 0.692. The Balaban J connectivity index is 2.00. The quantitative estimate of drug-likeness (QED) is 0.866. The summed E-state index contributed by atoms with van der Waals surface area (Å²) in [6, 6.07) is 2.64. The molecule has 4 nitrogen and oxygen atoms in total. The Morgan fingerprint density at radius 3 is 2.71 bits per heavy atom. The van der Waals surface area contributed by atoms with Crippen LogP contribution in [-0.4, -0.2) is 41.0 Å². The Morgan fingerprint density at radius 2 is 2.06 bits per heavy atom. The Hall–Kier alpha value is -1.16. The first kappa shape index (κ1) is 12.3. The fourth-order valence-electron chi connectivity index (χ4n) is 2.25. The lowest BCUT2D eigenvalue weighted by atomic mass is 10.1. The third-order valence-electron chi connectivity index (χ3n) is 3.32. The average Bonchev–Trinajstić information content (AvgIpc) is 2.31. The van der Waals surface area contributed by atoms with E-state index in [0.29, 0.717) is 6.04 Å². The summed E-state index contributed by atoms with van der Waals surface area (Å²) in [6.45, 7) is 6.42. The smallest absolute Gasteiger partial charge is 0.130 e. The summed E-state index contributed by atoms with van der Waals surface area (Å²) in [6.07, 6.45) is 3.35. The van der Waals surface area contributed by atoms with E-state index in [1.54, 1.807) is 0 Å². The summed E-state index contributed by atoms with van der Waals surface area (Å²) in [5.74, 6) is 1.85. The maximum atomic E-state index is 4.46. The minimum atomic E-state index is 0.560. The van der Waals surface area contributed by atoms with E-state index in [-0.39, 0.29) is 0 Å². The topological polar surface area (TPSA) is 41.0 Å². The van der Waals surface area contributed by atoms with Crippen molar-refractivity contribution in [2.24, 2.45) is 0 Å². The van der Waals surface area contributed by atoms with Gasteiger partial charge < -0.3 is 10.2 Å². The van der Waals surface area contributed by atoms with E-state index in [1.165, 1.54) is 25.9 Å². The largest absolute Gasteiger partial charge is 0.367 e. The number of hydrogen-bond donors (Lipinski definition) is 1. The molecule has 1 fully saturated rings. The minimum absolute atomic E-state index is 0.560. The number of nitrogens with zero attached hydrogens (tertiary/aromatic N) is 3. The summed E-state index contributed by atoms with van der Waals surface area (Å²) in [4.78, 5) is 11.2. The molecule has 1 aliphatic rings. The number of hydrogen-bond acceptors (Lipinski definition) is 4. The molecule has 0 atom stereocenters. The van der Waals surface area contributed by atoms with Crippen LogP contribution in [-0.2, 0) is 6.42 Å². The fourth-order valence-corrected chi connectivity index (χ4v) is 2.25. The van der Waals surface area contributed by atoms with Crippen LogP contribution in [0.15, 0.2) is 6.07 Å². The molecule has 0 bridgehead atoms. The van der Waals surface area contributed by atoms with Crippen LogP contribution in [0.4, 0.5) is 5.82 Å². The lowest BCUT2D eigenvalue weighted by Gasteiger charge is -2.29. The highest BCUT2D eigenvalue weighted by Crippen LogP contribution is 2.15. The summed E-state index contributed by atoms with van der Waals surface area (Å²) in [5.41, 5.74) is 1.12. The Morgan fingerprint density at radius 1 is 1.35 bits per heavy atom. The zero-order valence-corrected chi connectivity index (χ0v) is 11.0. The van der Waals surface area contributed by atoms with Crippen LogP contribution in [0.5, 0.6) is 0 Å². The van der Waals surface area contributed by atoms with Crippen LogP contribution < -0.4 is 5.32 Å². The SMILES string of the molecule is CCc1cc(NC2CCN(C)CC2)nc(C)n1. The third-order valence-corrected chi connectivity index (χ3v) is 3.32. The van der Waals surface area contributed by atoms with Gasteiger partial charge in [0.15, 0.2) is 0 Å². The normalized spacial score (nSPS) is 18.3. The van der Waals surface area contributed by atoms with Crippen molar-refractivity contribution in [3.8, 4) is 0 Å². The van der Waals surface area contributed by atoms with Crippen molar-refractivity contribution in [3.63, 3.8) is 0 Å². The number of aryl methyl sites for hydroxylation is 2. The van der Waals surface area contributed by atoms with Gasteiger partial charge >= 0.3 is 0 Å².